The van der Waals surface area contributed by atoms with E-state index in [4.69, 9.17) is 0 Å². The number of para-hydroxylation sites is 2. The van der Waals surface area contributed by atoms with Gasteiger partial charge in [-0.1, -0.05) is 36.0 Å². The van der Waals surface area contributed by atoms with Gasteiger partial charge in [0.05, 0.1) is 38.4 Å². The molecule has 1 saturated carbocycles. The molecule has 2 fully saturated rings. The zero-order chi connectivity index (χ0) is 24.3. The zero-order valence-electron chi connectivity index (χ0n) is 18.1. The first kappa shape index (κ1) is 21.9. The van der Waals surface area contributed by atoms with Crippen LogP contribution in [0.4, 0.5) is 17.1 Å². The highest BCUT2D eigenvalue weighted by molar-refractivity contribution is 8.01. The SMILES string of the molecule is O=C(CSc1nc2ccc(N3C(=O)[C@@H]4[C@H](C3=O)[C@H]3C=C[C@H]4C3)cc2s1)Nc1ccccc1[N+](=O)[O-]. The molecule has 0 unspecified atom stereocenters. The van der Waals surface area contributed by atoms with Crippen molar-refractivity contribution in [1.29, 1.82) is 0 Å². The number of allylic oxidation sites excluding steroid dienone is 2. The molecule has 35 heavy (non-hydrogen) atoms. The number of nitro benzene ring substituents is 1. The molecule has 0 spiro atoms. The first-order valence-corrected chi connectivity index (χ1v) is 12.8. The normalized spacial score (nSPS) is 24.4. The Balaban J connectivity index is 1.16. The maximum atomic E-state index is 13.1. The zero-order valence-corrected chi connectivity index (χ0v) is 19.8. The molecule has 3 aromatic rings. The third kappa shape index (κ3) is 3.62. The van der Waals surface area contributed by atoms with Crippen molar-refractivity contribution in [2.45, 2.75) is 10.8 Å². The molecular weight excluding hydrogens is 488 g/mol. The maximum absolute atomic E-state index is 13.1. The van der Waals surface area contributed by atoms with Gasteiger partial charge >= 0.3 is 0 Å². The number of rotatable bonds is 6. The smallest absolute Gasteiger partial charge is 0.292 e. The van der Waals surface area contributed by atoms with E-state index >= 15 is 0 Å². The van der Waals surface area contributed by atoms with Crippen molar-refractivity contribution in [2.75, 3.05) is 16.0 Å². The minimum Gasteiger partial charge on any atom is -0.320 e. The number of aromatic nitrogens is 1. The molecule has 0 radical (unpaired) electrons. The third-order valence-electron chi connectivity index (χ3n) is 6.78. The highest BCUT2D eigenvalue weighted by atomic mass is 32.2. The van der Waals surface area contributed by atoms with Gasteiger partial charge in [0.15, 0.2) is 4.34 Å². The Labute approximate surface area is 207 Å². The lowest BCUT2D eigenvalue weighted by Gasteiger charge is -2.17. The summed E-state index contributed by atoms with van der Waals surface area (Å²) in [5.74, 6) is -0.785. The number of thiazole rings is 1. The number of hydrogen-bond donors (Lipinski definition) is 1. The number of hydrogen-bond acceptors (Lipinski definition) is 8. The Morgan fingerprint density at radius 2 is 1.86 bits per heavy atom. The van der Waals surface area contributed by atoms with Gasteiger partial charge in [-0.2, -0.15) is 0 Å². The number of benzene rings is 2. The summed E-state index contributed by atoms with van der Waals surface area (Å²) in [4.78, 5) is 55.0. The average molecular weight is 507 g/mol. The van der Waals surface area contributed by atoms with Gasteiger partial charge in [0, 0.05) is 6.07 Å². The van der Waals surface area contributed by atoms with Crippen LogP contribution < -0.4 is 10.2 Å². The highest BCUT2D eigenvalue weighted by Crippen LogP contribution is 2.53. The highest BCUT2D eigenvalue weighted by Gasteiger charge is 2.59. The molecule has 176 valence electrons. The molecule has 1 aliphatic heterocycles. The van der Waals surface area contributed by atoms with Gasteiger partial charge in [-0.15, -0.1) is 11.3 Å². The van der Waals surface area contributed by atoms with Crippen molar-refractivity contribution in [1.82, 2.24) is 4.98 Å². The number of carbonyl (C=O) groups excluding carboxylic acids is 3. The lowest BCUT2D eigenvalue weighted by molar-refractivity contribution is -0.383. The maximum Gasteiger partial charge on any atom is 0.292 e. The van der Waals surface area contributed by atoms with E-state index in [1.807, 2.05) is 0 Å². The Bertz CT molecular complexity index is 1420. The van der Waals surface area contributed by atoms with E-state index in [1.54, 1.807) is 24.3 Å². The van der Waals surface area contributed by atoms with E-state index in [9.17, 15) is 24.5 Å². The van der Waals surface area contributed by atoms with E-state index < -0.39 is 4.92 Å². The van der Waals surface area contributed by atoms with Crippen LogP contribution in [-0.4, -0.2) is 33.4 Å². The number of nitrogens with zero attached hydrogens (tertiary/aromatic N) is 3. The summed E-state index contributed by atoms with van der Waals surface area (Å²) in [6.07, 6.45) is 5.03. The molecule has 11 heteroatoms. The first-order chi connectivity index (χ1) is 16.9. The second-order valence-corrected chi connectivity index (χ2v) is 11.0. The summed E-state index contributed by atoms with van der Waals surface area (Å²) >= 11 is 2.58. The summed E-state index contributed by atoms with van der Waals surface area (Å²) in [6.45, 7) is 0. The number of thioether (sulfide) groups is 1. The summed E-state index contributed by atoms with van der Waals surface area (Å²) in [5, 5.41) is 13.7. The molecule has 4 atom stereocenters. The predicted octanol–water partition coefficient (Wildman–Crippen LogP) is 4.25. The van der Waals surface area contributed by atoms with Gasteiger partial charge < -0.3 is 5.32 Å². The van der Waals surface area contributed by atoms with E-state index in [-0.39, 0.29) is 58.5 Å². The lowest BCUT2D eigenvalue weighted by Crippen LogP contribution is -2.32. The van der Waals surface area contributed by atoms with Crippen LogP contribution in [0, 0.1) is 33.8 Å². The molecule has 2 bridgehead atoms. The summed E-state index contributed by atoms with van der Waals surface area (Å²) < 4.78 is 1.45. The number of imide groups is 1. The molecule has 1 N–H and O–H groups in total. The molecule has 2 heterocycles. The fraction of sp³-hybridized carbons (Fsp3) is 0.250. The van der Waals surface area contributed by atoms with Gasteiger partial charge in [-0.25, -0.2) is 9.88 Å². The van der Waals surface area contributed by atoms with Crippen molar-refractivity contribution < 1.29 is 19.3 Å². The molecule has 2 aromatic carbocycles. The third-order valence-corrected chi connectivity index (χ3v) is 8.94. The summed E-state index contributed by atoms with van der Waals surface area (Å²) in [7, 11) is 0. The van der Waals surface area contributed by atoms with Gasteiger partial charge in [-0.3, -0.25) is 24.5 Å². The summed E-state index contributed by atoms with van der Waals surface area (Å²) in [6, 6.07) is 11.3. The van der Waals surface area contributed by atoms with Crippen LogP contribution in [0.1, 0.15) is 6.42 Å². The van der Waals surface area contributed by atoms with Gasteiger partial charge in [-0.05, 0) is 42.5 Å². The van der Waals surface area contributed by atoms with E-state index in [2.05, 4.69) is 22.5 Å². The quantitative estimate of drug-likeness (QED) is 0.174. The van der Waals surface area contributed by atoms with Crippen LogP contribution >= 0.6 is 23.1 Å². The second kappa shape index (κ2) is 8.28. The number of nitrogens with one attached hydrogen (secondary N) is 1. The number of fused-ring (bicyclic) bond motifs is 6. The van der Waals surface area contributed by atoms with Gasteiger partial charge in [0.1, 0.15) is 5.69 Å². The number of anilines is 2. The van der Waals surface area contributed by atoms with Crippen LogP contribution in [-0.2, 0) is 14.4 Å². The van der Waals surface area contributed by atoms with Crippen molar-refractivity contribution in [3.8, 4) is 0 Å². The molecule has 9 nitrogen and oxygen atoms in total. The Kier molecular flexibility index (Phi) is 5.19. The van der Waals surface area contributed by atoms with Crippen molar-refractivity contribution in [3.05, 3.63) is 64.7 Å². The minimum absolute atomic E-state index is 0.0287. The monoisotopic (exact) mass is 506 g/mol. The van der Waals surface area contributed by atoms with E-state index in [0.717, 1.165) is 11.1 Å². The Morgan fingerprint density at radius 1 is 1.14 bits per heavy atom. The largest absolute Gasteiger partial charge is 0.320 e. The molecule has 1 aromatic heterocycles. The fourth-order valence-electron chi connectivity index (χ4n) is 5.30. The number of amides is 3. The Hall–Kier alpha value is -3.57. The lowest BCUT2D eigenvalue weighted by atomic mass is 9.85. The van der Waals surface area contributed by atoms with Crippen LogP contribution in [0.15, 0.2) is 59.0 Å². The topological polar surface area (TPSA) is 123 Å². The standard InChI is InChI=1S/C24H18N4O5S2/c29-19(25-15-3-1-2-4-17(15)28(32)33)11-34-24-26-16-8-7-14(10-18(16)35-24)27-22(30)20-12-5-6-13(9-12)21(20)23(27)31/h1-8,10,12-13,20-21H,9,11H2,(H,25,29)/t12-,13-,20-,21+/m0/s1. The number of carbonyl (C=O) groups is 3. The minimum atomic E-state index is -0.543. The molecule has 3 amide bonds. The fourth-order valence-corrected chi connectivity index (χ4v) is 7.20. The van der Waals surface area contributed by atoms with Crippen molar-refractivity contribution in [3.63, 3.8) is 0 Å². The molecule has 1 saturated heterocycles. The second-order valence-electron chi connectivity index (χ2n) is 8.75. The van der Waals surface area contributed by atoms with E-state index in [0.29, 0.717) is 15.5 Å². The first-order valence-electron chi connectivity index (χ1n) is 11.0. The molecule has 2 aliphatic carbocycles. The van der Waals surface area contributed by atoms with E-state index in [1.165, 1.54) is 46.2 Å². The van der Waals surface area contributed by atoms with Gasteiger partial charge in [0.25, 0.3) is 5.69 Å². The summed E-state index contributed by atoms with van der Waals surface area (Å²) in [5.41, 5.74) is 1.24. The van der Waals surface area contributed by atoms with Crippen LogP contribution in [0.2, 0.25) is 0 Å². The van der Waals surface area contributed by atoms with Crippen LogP contribution in [0.5, 0.6) is 0 Å². The van der Waals surface area contributed by atoms with Crippen molar-refractivity contribution in [2.24, 2.45) is 23.7 Å². The average Bonchev–Trinajstić information content (AvgIpc) is 3.60. The predicted molar refractivity (Wildman–Crippen MR) is 132 cm³/mol. The number of nitro groups is 1. The van der Waals surface area contributed by atoms with Crippen molar-refractivity contribution >= 4 is 68.1 Å². The van der Waals surface area contributed by atoms with Gasteiger partial charge in [0.2, 0.25) is 17.7 Å². The van der Waals surface area contributed by atoms with Crippen LogP contribution in [0.25, 0.3) is 10.2 Å². The van der Waals surface area contributed by atoms with Crippen LogP contribution in [0.3, 0.4) is 0 Å². The molecule has 6 rings (SSSR count). The molecular formula is C24H18N4O5S2. The molecule has 3 aliphatic rings. The Morgan fingerprint density at radius 3 is 2.57 bits per heavy atom.